The Morgan fingerprint density at radius 2 is 1.94 bits per heavy atom. The molecule has 1 N–H and O–H groups in total. The summed E-state index contributed by atoms with van der Waals surface area (Å²) in [5.74, 6) is 0.213. The fourth-order valence-corrected chi connectivity index (χ4v) is 1.49. The number of amides is 1. The summed E-state index contributed by atoms with van der Waals surface area (Å²) in [7, 11) is 0. The number of nitrogens with zero attached hydrogens (tertiary/aromatic N) is 1. The molecule has 1 aromatic carbocycles. The third-order valence-electron chi connectivity index (χ3n) is 2.44. The summed E-state index contributed by atoms with van der Waals surface area (Å²) >= 11 is 0. The van der Waals surface area contributed by atoms with E-state index in [0.717, 1.165) is 0 Å². The topological polar surface area (TPSA) is 85.4 Å². The highest BCUT2D eigenvalue weighted by molar-refractivity contribution is 6.04. The molecule has 6 nitrogen and oxygen atoms in total. The molecule has 0 aliphatic heterocycles. The number of carbonyl (C=O) groups is 1. The predicted molar refractivity (Wildman–Crippen MR) is 64.5 cm³/mol. The molecule has 0 atom stereocenters. The number of nitro groups is 1. The van der Waals surface area contributed by atoms with Crippen LogP contribution < -0.4 is 5.32 Å². The Morgan fingerprint density at radius 1 is 1.28 bits per heavy atom. The van der Waals surface area contributed by atoms with E-state index in [2.05, 4.69) is 5.32 Å². The first-order valence-corrected chi connectivity index (χ1v) is 5.18. The lowest BCUT2D eigenvalue weighted by atomic mass is 10.2. The van der Waals surface area contributed by atoms with Gasteiger partial charge in [-0.2, -0.15) is 0 Å². The predicted octanol–water partition coefficient (Wildman–Crippen LogP) is 2.75. The smallest absolute Gasteiger partial charge is 0.269 e. The van der Waals surface area contributed by atoms with Gasteiger partial charge in [0.05, 0.1) is 16.7 Å². The van der Waals surface area contributed by atoms with Crippen LogP contribution in [0.1, 0.15) is 16.1 Å². The molecule has 2 rings (SSSR count). The van der Waals surface area contributed by atoms with Crippen molar-refractivity contribution in [2.24, 2.45) is 0 Å². The Balaban J connectivity index is 2.13. The van der Waals surface area contributed by atoms with Gasteiger partial charge in [-0.1, -0.05) is 0 Å². The fraction of sp³-hybridized carbons (Fsp3) is 0.0833. The molecule has 0 bridgehead atoms. The second kappa shape index (κ2) is 4.70. The van der Waals surface area contributed by atoms with Crippen LogP contribution in [0.3, 0.4) is 0 Å². The van der Waals surface area contributed by atoms with Crippen LogP contribution >= 0.6 is 0 Å². The number of non-ortho nitro benzene ring substituents is 1. The number of aryl methyl sites for hydroxylation is 1. The molecule has 18 heavy (non-hydrogen) atoms. The van der Waals surface area contributed by atoms with Gasteiger partial charge in [0, 0.05) is 17.8 Å². The largest absolute Gasteiger partial charge is 0.469 e. The van der Waals surface area contributed by atoms with Crippen molar-refractivity contribution in [1.82, 2.24) is 0 Å². The van der Waals surface area contributed by atoms with Crippen molar-refractivity contribution < 1.29 is 14.1 Å². The number of nitrogens with one attached hydrogen (secondary N) is 1. The summed E-state index contributed by atoms with van der Waals surface area (Å²) < 4.78 is 5.02. The van der Waals surface area contributed by atoms with Gasteiger partial charge < -0.3 is 9.73 Å². The summed E-state index contributed by atoms with van der Waals surface area (Å²) in [6.07, 6.45) is 1.43. The van der Waals surface area contributed by atoms with E-state index in [9.17, 15) is 14.9 Å². The highest BCUT2D eigenvalue weighted by Gasteiger charge is 2.12. The molecule has 0 saturated heterocycles. The molecule has 2 aromatic rings. The van der Waals surface area contributed by atoms with Crippen molar-refractivity contribution in [2.75, 3.05) is 5.32 Å². The monoisotopic (exact) mass is 246 g/mol. The molecule has 0 unspecified atom stereocenters. The van der Waals surface area contributed by atoms with E-state index in [1.807, 2.05) is 0 Å². The van der Waals surface area contributed by atoms with Crippen molar-refractivity contribution in [3.63, 3.8) is 0 Å². The number of furan rings is 1. The second-order valence-corrected chi connectivity index (χ2v) is 3.65. The minimum Gasteiger partial charge on any atom is -0.469 e. The Hall–Kier alpha value is -2.63. The van der Waals surface area contributed by atoms with Crippen LogP contribution in [-0.2, 0) is 0 Å². The molecule has 1 aromatic heterocycles. The van der Waals surface area contributed by atoms with Crippen LogP contribution in [0.4, 0.5) is 11.4 Å². The fourth-order valence-electron chi connectivity index (χ4n) is 1.49. The minimum atomic E-state index is -0.494. The molecule has 0 saturated carbocycles. The lowest BCUT2D eigenvalue weighted by Crippen LogP contribution is -2.11. The summed E-state index contributed by atoms with van der Waals surface area (Å²) in [6.45, 7) is 1.69. The zero-order chi connectivity index (χ0) is 13.1. The number of nitro benzene ring substituents is 1. The first-order valence-electron chi connectivity index (χ1n) is 5.18. The average molecular weight is 246 g/mol. The van der Waals surface area contributed by atoms with Gasteiger partial charge in [-0.3, -0.25) is 14.9 Å². The maximum atomic E-state index is 11.8. The van der Waals surface area contributed by atoms with E-state index in [1.54, 1.807) is 13.0 Å². The van der Waals surface area contributed by atoms with Gasteiger partial charge in [-0.15, -0.1) is 0 Å². The first kappa shape index (κ1) is 11.8. The molecule has 0 aliphatic carbocycles. The highest BCUT2D eigenvalue weighted by Crippen LogP contribution is 2.17. The summed E-state index contributed by atoms with van der Waals surface area (Å²) in [4.78, 5) is 21.8. The molecule has 0 radical (unpaired) electrons. The van der Waals surface area contributed by atoms with E-state index < -0.39 is 4.92 Å². The molecular weight excluding hydrogens is 236 g/mol. The lowest BCUT2D eigenvalue weighted by Gasteiger charge is -2.03. The average Bonchev–Trinajstić information content (AvgIpc) is 2.76. The molecule has 0 spiro atoms. The second-order valence-electron chi connectivity index (χ2n) is 3.65. The van der Waals surface area contributed by atoms with E-state index in [4.69, 9.17) is 4.42 Å². The summed E-state index contributed by atoms with van der Waals surface area (Å²) in [5.41, 5.74) is 0.909. The van der Waals surface area contributed by atoms with Gasteiger partial charge in [0.1, 0.15) is 5.76 Å². The van der Waals surface area contributed by atoms with E-state index >= 15 is 0 Å². The van der Waals surface area contributed by atoms with Gasteiger partial charge in [0.15, 0.2) is 0 Å². The van der Waals surface area contributed by atoms with Crippen LogP contribution in [0.15, 0.2) is 41.0 Å². The molecule has 6 heteroatoms. The Labute approximate surface area is 102 Å². The molecule has 92 valence electrons. The third kappa shape index (κ3) is 2.37. The normalized spacial score (nSPS) is 10.1. The minimum absolute atomic E-state index is 0.0208. The Kier molecular flexibility index (Phi) is 3.09. The Morgan fingerprint density at radius 3 is 2.44 bits per heavy atom. The summed E-state index contributed by atoms with van der Waals surface area (Å²) in [6, 6.07) is 7.18. The van der Waals surface area contributed by atoms with Crippen molar-refractivity contribution in [2.45, 2.75) is 6.92 Å². The van der Waals surface area contributed by atoms with E-state index in [0.29, 0.717) is 17.0 Å². The highest BCUT2D eigenvalue weighted by atomic mass is 16.6. The summed E-state index contributed by atoms with van der Waals surface area (Å²) in [5, 5.41) is 13.1. The lowest BCUT2D eigenvalue weighted by molar-refractivity contribution is -0.384. The number of rotatable bonds is 3. The zero-order valence-electron chi connectivity index (χ0n) is 9.54. The van der Waals surface area contributed by atoms with Crippen LogP contribution in [0.5, 0.6) is 0 Å². The quantitative estimate of drug-likeness (QED) is 0.666. The molecule has 1 amide bonds. The maximum Gasteiger partial charge on any atom is 0.269 e. The van der Waals surface area contributed by atoms with Gasteiger partial charge in [-0.05, 0) is 25.1 Å². The van der Waals surface area contributed by atoms with Crippen molar-refractivity contribution in [3.8, 4) is 0 Å². The number of benzene rings is 1. The van der Waals surface area contributed by atoms with Crippen LogP contribution in [0, 0.1) is 17.0 Å². The molecular formula is C12H10N2O4. The van der Waals surface area contributed by atoms with Gasteiger partial charge in [0.25, 0.3) is 11.6 Å². The van der Waals surface area contributed by atoms with Crippen molar-refractivity contribution in [3.05, 3.63) is 58.0 Å². The standard InChI is InChI=1S/C12H10N2O4/c1-8-11(6-7-18-8)12(15)13-9-2-4-10(5-3-9)14(16)17/h2-7H,1H3,(H,13,15). The van der Waals surface area contributed by atoms with E-state index in [1.165, 1.54) is 30.5 Å². The number of hydrogen-bond acceptors (Lipinski definition) is 4. The van der Waals surface area contributed by atoms with E-state index in [-0.39, 0.29) is 11.6 Å². The van der Waals surface area contributed by atoms with Crippen LogP contribution in [0.2, 0.25) is 0 Å². The number of anilines is 1. The molecule has 1 heterocycles. The van der Waals surface area contributed by atoms with Crippen LogP contribution in [0.25, 0.3) is 0 Å². The number of carbonyl (C=O) groups excluding carboxylic acids is 1. The zero-order valence-corrected chi connectivity index (χ0v) is 9.54. The maximum absolute atomic E-state index is 11.8. The van der Waals surface area contributed by atoms with Crippen molar-refractivity contribution in [1.29, 1.82) is 0 Å². The SMILES string of the molecule is Cc1occc1C(=O)Nc1ccc([N+](=O)[O-])cc1. The van der Waals surface area contributed by atoms with Gasteiger partial charge in [-0.25, -0.2) is 0 Å². The number of hydrogen-bond donors (Lipinski definition) is 1. The van der Waals surface area contributed by atoms with Crippen LogP contribution in [-0.4, -0.2) is 10.8 Å². The first-order chi connectivity index (χ1) is 8.58. The van der Waals surface area contributed by atoms with Crippen molar-refractivity contribution >= 4 is 17.3 Å². The van der Waals surface area contributed by atoms with Gasteiger partial charge in [0.2, 0.25) is 0 Å². The Bertz CT molecular complexity index is 586. The molecule has 0 aliphatic rings. The third-order valence-corrected chi connectivity index (χ3v) is 2.44. The van der Waals surface area contributed by atoms with Gasteiger partial charge >= 0.3 is 0 Å². The molecule has 0 fully saturated rings.